The maximum Gasteiger partial charge on any atom is 0.239 e. The van der Waals surface area contributed by atoms with Gasteiger partial charge in [-0.15, -0.1) is 22.0 Å². The lowest BCUT2D eigenvalue weighted by Gasteiger charge is -2.13. The molecule has 5 nitrogen and oxygen atoms in total. The molecular formula is C19H18ClN3O2S2. The van der Waals surface area contributed by atoms with Gasteiger partial charge in [-0.3, -0.25) is 10.1 Å². The van der Waals surface area contributed by atoms with Gasteiger partial charge in [-0.05, 0) is 55.0 Å². The van der Waals surface area contributed by atoms with Crippen LogP contribution in [-0.2, 0) is 4.79 Å². The van der Waals surface area contributed by atoms with Crippen molar-refractivity contribution in [2.24, 2.45) is 0 Å². The molecule has 0 radical (unpaired) electrons. The second kappa shape index (κ2) is 9.21. The zero-order chi connectivity index (χ0) is 19.2. The number of methoxy groups -OCH3 is 1. The number of ether oxygens (including phenoxy) is 1. The first-order valence-electron chi connectivity index (χ1n) is 8.30. The van der Waals surface area contributed by atoms with E-state index in [1.54, 1.807) is 7.11 Å². The highest BCUT2D eigenvalue weighted by molar-refractivity contribution is 8.00. The minimum atomic E-state index is -0.223. The van der Waals surface area contributed by atoms with Crippen molar-refractivity contribution in [2.45, 2.75) is 23.5 Å². The molecule has 1 atom stereocenters. The second-order valence-corrected chi connectivity index (χ2v) is 8.29. The first-order chi connectivity index (χ1) is 13.1. The van der Waals surface area contributed by atoms with Gasteiger partial charge in [0.1, 0.15) is 10.8 Å². The smallest absolute Gasteiger partial charge is 0.239 e. The van der Waals surface area contributed by atoms with Crippen LogP contribution in [0.15, 0.2) is 53.4 Å². The van der Waals surface area contributed by atoms with Gasteiger partial charge in [-0.25, -0.2) is 0 Å². The molecule has 0 saturated heterocycles. The van der Waals surface area contributed by atoms with Gasteiger partial charge in [-0.2, -0.15) is 0 Å². The first-order valence-corrected chi connectivity index (χ1v) is 10.4. The van der Waals surface area contributed by atoms with Crippen molar-refractivity contribution < 1.29 is 9.53 Å². The van der Waals surface area contributed by atoms with Gasteiger partial charge in [0.15, 0.2) is 0 Å². The van der Waals surface area contributed by atoms with Crippen LogP contribution < -0.4 is 10.1 Å². The second-order valence-electron chi connectivity index (χ2n) is 5.60. The number of hydrogen-bond donors (Lipinski definition) is 1. The van der Waals surface area contributed by atoms with Crippen LogP contribution in [0.1, 0.15) is 13.3 Å². The summed E-state index contributed by atoms with van der Waals surface area (Å²) in [5.74, 6) is 0.691. The monoisotopic (exact) mass is 419 g/mol. The van der Waals surface area contributed by atoms with Gasteiger partial charge in [0.25, 0.3) is 0 Å². The summed E-state index contributed by atoms with van der Waals surface area (Å²) in [5, 5.41) is 12.8. The van der Waals surface area contributed by atoms with Gasteiger partial charge < -0.3 is 4.74 Å². The summed E-state index contributed by atoms with van der Waals surface area (Å²) in [6, 6.07) is 15.0. The number of halogens is 1. The average molecular weight is 420 g/mol. The summed E-state index contributed by atoms with van der Waals surface area (Å²) in [7, 11) is 1.62. The third-order valence-electron chi connectivity index (χ3n) is 3.75. The van der Waals surface area contributed by atoms with E-state index in [-0.39, 0.29) is 11.2 Å². The molecule has 3 rings (SSSR count). The molecule has 8 heteroatoms. The molecule has 140 valence electrons. The number of carbonyl (C=O) groups is 1. The zero-order valence-electron chi connectivity index (χ0n) is 14.8. The number of benzene rings is 2. The van der Waals surface area contributed by atoms with Gasteiger partial charge >= 0.3 is 0 Å². The molecule has 27 heavy (non-hydrogen) atoms. The summed E-state index contributed by atoms with van der Waals surface area (Å²) in [6.45, 7) is 1.98. The van der Waals surface area contributed by atoms with Gasteiger partial charge in [0.2, 0.25) is 11.0 Å². The molecule has 1 unspecified atom stereocenters. The largest absolute Gasteiger partial charge is 0.497 e. The van der Waals surface area contributed by atoms with E-state index in [1.807, 2.05) is 55.5 Å². The molecule has 1 heterocycles. The molecule has 0 bridgehead atoms. The fraction of sp³-hybridized carbons (Fsp3) is 0.211. The number of aromatic nitrogens is 2. The number of amides is 1. The Kier molecular flexibility index (Phi) is 6.71. The lowest BCUT2D eigenvalue weighted by Crippen LogP contribution is -2.24. The Hall–Kier alpha value is -2.09. The molecule has 0 aliphatic carbocycles. The van der Waals surface area contributed by atoms with Crippen LogP contribution in [0.2, 0.25) is 5.02 Å². The molecule has 0 fully saturated rings. The van der Waals surface area contributed by atoms with E-state index in [4.69, 9.17) is 16.3 Å². The normalized spacial score (nSPS) is 11.8. The highest BCUT2D eigenvalue weighted by atomic mass is 35.5. The van der Waals surface area contributed by atoms with Crippen molar-refractivity contribution >= 4 is 45.7 Å². The number of hydrogen-bond acceptors (Lipinski definition) is 6. The topological polar surface area (TPSA) is 64.1 Å². The van der Waals surface area contributed by atoms with Crippen molar-refractivity contribution in [3.8, 4) is 16.3 Å². The lowest BCUT2D eigenvalue weighted by atomic mass is 10.2. The van der Waals surface area contributed by atoms with Crippen LogP contribution >= 0.6 is 34.7 Å². The fourth-order valence-electron chi connectivity index (χ4n) is 2.31. The molecule has 0 spiro atoms. The standard InChI is InChI=1S/C19H18ClN3O2S2/c1-3-16(26-15-10-6-13(20)7-11-15)17(24)21-19-23-22-18(27-19)12-4-8-14(25-2)9-5-12/h4-11,16H,3H2,1-2H3,(H,21,23,24). The van der Waals surface area contributed by atoms with Crippen molar-refractivity contribution in [3.63, 3.8) is 0 Å². The molecule has 0 aliphatic heterocycles. The highest BCUT2D eigenvalue weighted by Crippen LogP contribution is 2.30. The molecular weight excluding hydrogens is 402 g/mol. The van der Waals surface area contributed by atoms with Crippen LogP contribution in [0, 0.1) is 0 Å². The summed E-state index contributed by atoms with van der Waals surface area (Å²) in [5.41, 5.74) is 0.927. The molecule has 1 amide bonds. The minimum absolute atomic E-state index is 0.0881. The maximum atomic E-state index is 12.6. The maximum absolute atomic E-state index is 12.6. The van der Waals surface area contributed by atoms with Gasteiger partial charge in [0, 0.05) is 15.5 Å². The Morgan fingerprint density at radius 1 is 1.19 bits per heavy atom. The summed E-state index contributed by atoms with van der Waals surface area (Å²) < 4.78 is 5.16. The van der Waals surface area contributed by atoms with Crippen molar-refractivity contribution in [2.75, 3.05) is 12.4 Å². The SMILES string of the molecule is CCC(Sc1ccc(Cl)cc1)C(=O)Nc1nnc(-c2ccc(OC)cc2)s1. The molecule has 3 aromatic rings. The van der Waals surface area contributed by atoms with E-state index in [1.165, 1.54) is 23.1 Å². The molecule has 2 aromatic carbocycles. The van der Waals surface area contributed by atoms with Crippen LogP contribution in [0.4, 0.5) is 5.13 Å². The quantitative estimate of drug-likeness (QED) is 0.521. The Balaban J connectivity index is 1.65. The third-order valence-corrected chi connectivity index (χ3v) is 6.26. The Morgan fingerprint density at radius 3 is 2.52 bits per heavy atom. The number of carbonyl (C=O) groups excluding carboxylic acids is 1. The van der Waals surface area contributed by atoms with Gasteiger partial charge in [0.05, 0.1) is 12.4 Å². The molecule has 0 aliphatic rings. The van der Waals surface area contributed by atoms with Crippen molar-refractivity contribution in [1.82, 2.24) is 10.2 Å². The van der Waals surface area contributed by atoms with Crippen LogP contribution in [0.25, 0.3) is 10.6 Å². The number of nitrogens with zero attached hydrogens (tertiary/aromatic N) is 2. The fourth-order valence-corrected chi connectivity index (χ4v) is 4.14. The number of thioether (sulfide) groups is 1. The van der Waals surface area contributed by atoms with E-state index in [0.717, 1.165) is 21.2 Å². The summed E-state index contributed by atoms with van der Waals surface area (Å²) in [6.07, 6.45) is 0.698. The molecule has 1 aromatic heterocycles. The molecule has 0 saturated carbocycles. The summed E-state index contributed by atoms with van der Waals surface area (Å²) in [4.78, 5) is 13.6. The first kappa shape index (κ1) is 19.7. The highest BCUT2D eigenvalue weighted by Gasteiger charge is 2.20. The Morgan fingerprint density at radius 2 is 1.89 bits per heavy atom. The van der Waals surface area contributed by atoms with Crippen molar-refractivity contribution in [3.05, 3.63) is 53.6 Å². The van der Waals surface area contributed by atoms with E-state index in [9.17, 15) is 4.79 Å². The lowest BCUT2D eigenvalue weighted by molar-refractivity contribution is -0.115. The van der Waals surface area contributed by atoms with Crippen LogP contribution in [0.3, 0.4) is 0 Å². The summed E-state index contributed by atoms with van der Waals surface area (Å²) >= 11 is 8.76. The predicted octanol–water partition coefficient (Wildman–Crippen LogP) is 5.38. The number of nitrogens with one attached hydrogen (secondary N) is 1. The van der Waals surface area contributed by atoms with E-state index in [2.05, 4.69) is 15.5 Å². The van der Waals surface area contributed by atoms with E-state index in [0.29, 0.717) is 16.6 Å². The number of anilines is 1. The average Bonchev–Trinajstić information content (AvgIpc) is 3.16. The van der Waals surface area contributed by atoms with E-state index < -0.39 is 0 Å². The zero-order valence-corrected chi connectivity index (χ0v) is 17.2. The third kappa shape index (κ3) is 5.22. The van der Waals surface area contributed by atoms with Crippen LogP contribution in [0.5, 0.6) is 5.75 Å². The van der Waals surface area contributed by atoms with Crippen LogP contribution in [-0.4, -0.2) is 28.5 Å². The predicted molar refractivity (Wildman–Crippen MR) is 112 cm³/mol. The minimum Gasteiger partial charge on any atom is -0.497 e. The Bertz CT molecular complexity index is 898. The molecule has 1 N–H and O–H groups in total. The van der Waals surface area contributed by atoms with Crippen molar-refractivity contribution in [1.29, 1.82) is 0 Å². The Labute approximate surface area is 171 Å². The van der Waals surface area contributed by atoms with E-state index >= 15 is 0 Å². The van der Waals surface area contributed by atoms with Gasteiger partial charge in [-0.1, -0.05) is 29.9 Å². The number of rotatable bonds is 7.